The van der Waals surface area contributed by atoms with Crippen molar-refractivity contribution in [1.82, 2.24) is 0 Å². The third kappa shape index (κ3) is 4.71. The zero-order chi connectivity index (χ0) is 23.8. The summed E-state index contributed by atoms with van der Waals surface area (Å²) in [5.74, 6) is -1.29. The van der Waals surface area contributed by atoms with Gasteiger partial charge in [-0.05, 0) is 37.3 Å². The van der Waals surface area contributed by atoms with Gasteiger partial charge in [0.25, 0.3) is 11.8 Å². The Morgan fingerprint density at radius 3 is 2.22 bits per heavy atom. The number of ether oxygens (including phenoxy) is 1. The first kappa shape index (κ1) is 23.2. The quantitative estimate of drug-likeness (QED) is 0.501. The van der Waals surface area contributed by atoms with E-state index in [0.717, 1.165) is 0 Å². The van der Waals surface area contributed by atoms with E-state index in [1.807, 2.05) is 0 Å². The number of hydrogen-bond donors (Lipinski definition) is 1. The smallest absolute Gasteiger partial charge is 0.416 e. The number of amides is 2. The molecule has 0 fully saturated rings. The second-order valence-corrected chi connectivity index (χ2v) is 6.93. The molecule has 1 aliphatic rings. The summed E-state index contributed by atoms with van der Waals surface area (Å²) in [6.45, 7) is 5.27. The number of rotatable bonds is 4. The van der Waals surface area contributed by atoms with Gasteiger partial charge in [0, 0.05) is 23.9 Å². The fraction of sp³-hybridized carbons (Fsp3) is 0.238. The number of fused-ring (bicyclic) bond motifs is 1. The summed E-state index contributed by atoms with van der Waals surface area (Å²) in [6, 6.07) is 4.72. The molecule has 1 N–H and O–H groups in total. The first-order valence-electron chi connectivity index (χ1n) is 9.15. The lowest BCUT2D eigenvalue weighted by Crippen LogP contribution is -2.44. The van der Waals surface area contributed by atoms with Crippen molar-refractivity contribution in [3.05, 3.63) is 65.7 Å². The van der Waals surface area contributed by atoms with Crippen LogP contribution in [-0.4, -0.2) is 24.5 Å². The Balaban J connectivity index is 1.94. The number of anilines is 2. The van der Waals surface area contributed by atoms with Crippen LogP contribution in [0, 0.1) is 0 Å². The molecule has 2 aromatic rings. The van der Waals surface area contributed by atoms with Crippen LogP contribution in [0.25, 0.3) is 0 Å². The highest BCUT2D eigenvalue weighted by Gasteiger charge is 2.37. The lowest BCUT2D eigenvalue weighted by Gasteiger charge is -2.32. The minimum absolute atomic E-state index is 0.0554. The number of carbonyl (C=O) groups excluding carboxylic acids is 2. The van der Waals surface area contributed by atoms with E-state index in [4.69, 9.17) is 4.74 Å². The van der Waals surface area contributed by atoms with Crippen molar-refractivity contribution in [3.63, 3.8) is 0 Å². The van der Waals surface area contributed by atoms with Crippen molar-refractivity contribution in [2.45, 2.75) is 25.4 Å². The minimum Gasteiger partial charge on any atom is -0.479 e. The van der Waals surface area contributed by atoms with Crippen LogP contribution in [0.2, 0.25) is 0 Å². The fourth-order valence-electron chi connectivity index (χ4n) is 3.09. The Morgan fingerprint density at radius 1 is 1.09 bits per heavy atom. The molecule has 1 heterocycles. The van der Waals surface area contributed by atoms with Crippen LogP contribution in [0.5, 0.6) is 5.75 Å². The highest BCUT2D eigenvalue weighted by molar-refractivity contribution is 6.05. The molecule has 0 spiro atoms. The van der Waals surface area contributed by atoms with Crippen molar-refractivity contribution >= 4 is 23.2 Å². The molecule has 3 rings (SSSR count). The Labute approximate surface area is 178 Å². The van der Waals surface area contributed by atoms with E-state index < -0.39 is 41.1 Å². The van der Waals surface area contributed by atoms with Crippen molar-refractivity contribution in [3.8, 4) is 5.75 Å². The molecule has 0 radical (unpaired) electrons. The van der Waals surface area contributed by atoms with Crippen molar-refractivity contribution in [2.24, 2.45) is 0 Å². The molecule has 5 nitrogen and oxygen atoms in total. The lowest BCUT2D eigenvalue weighted by molar-refractivity contribution is -0.143. The summed E-state index contributed by atoms with van der Waals surface area (Å²) in [7, 11) is 0. The Bertz CT molecular complexity index is 1050. The van der Waals surface area contributed by atoms with E-state index in [-0.39, 0.29) is 30.0 Å². The third-order valence-electron chi connectivity index (χ3n) is 4.59. The number of alkyl halides is 6. The Hall–Kier alpha value is -3.50. The predicted molar refractivity (Wildman–Crippen MR) is 103 cm³/mol. The van der Waals surface area contributed by atoms with Crippen LogP contribution in [-0.2, 0) is 17.1 Å². The lowest BCUT2D eigenvalue weighted by atomic mass is 10.0. The van der Waals surface area contributed by atoms with Crippen LogP contribution in [0.1, 0.15) is 28.4 Å². The van der Waals surface area contributed by atoms with E-state index in [0.29, 0.717) is 17.8 Å². The maximum atomic E-state index is 13.0. The molecular formula is C21H16F6N2O3. The number of nitrogens with zero attached hydrogens (tertiary/aromatic N) is 1. The first-order chi connectivity index (χ1) is 14.8. The van der Waals surface area contributed by atoms with Gasteiger partial charge in [0.05, 0.1) is 16.8 Å². The molecule has 0 bridgehead atoms. The molecule has 1 atom stereocenters. The summed E-state index contributed by atoms with van der Waals surface area (Å²) in [5, 5.41) is 2.26. The number of hydrogen-bond acceptors (Lipinski definition) is 3. The number of carbonyl (C=O) groups is 2. The van der Waals surface area contributed by atoms with Gasteiger partial charge in [0.15, 0.2) is 6.10 Å². The van der Waals surface area contributed by atoms with Crippen molar-refractivity contribution < 1.29 is 40.7 Å². The normalized spacial score (nSPS) is 16.3. The third-order valence-corrected chi connectivity index (χ3v) is 4.59. The molecule has 0 aliphatic carbocycles. The fourth-order valence-corrected chi connectivity index (χ4v) is 3.09. The summed E-state index contributed by atoms with van der Waals surface area (Å²) >= 11 is 0. The molecule has 170 valence electrons. The molecule has 1 unspecified atom stereocenters. The van der Waals surface area contributed by atoms with Crippen LogP contribution < -0.4 is 15.0 Å². The molecule has 32 heavy (non-hydrogen) atoms. The first-order valence-corrected chi connectivity index (χ1v) is 9.15. The van der Waals surface area contributed by atoms with Gasteiger partial charge in [0.1, 0.15) is 5.75 Å². The van der Waals surface area contributed by atoms with Crippen LogP contribution in [0.4, 0.5) is 37.7 Å². The standard InChI is InChI=1S/C21H16F6N2O3/c1-3-6-29-16-5-4-15(10-17(16)32-11(2)19(29)31)28-18(30)12-7-13(20(22,23)24)9-14(8-12)21(25,26)27/h3-5,7-11H,1,6H2,2H3,(H,28,30). The van der Waals surface area contributed by atoms with Gasteiger partial charge in [-0.2, -0.15) is 26.3 Å². The summed E-state index contributed by atoms with van der Waals surface area (Å²) in [4.78, 5) is 26.1. The molecule has 2 amide bonds. The molecule has 0 saturated heterocycles. The van der Waals surface area contributed by atoms with Gasteiger partial charge in [-0.25, -0.2) is 0 Å². The van der Waals surface area contributed by atoms with Gasteiger partial charge < -0.3 is 15.0 Å². The van der Waals surface area contributed by atoms with Gasteiger partial charge >= 0.3 is 12.4 Å². The summed E-state index contributed by atoms with van der Waals surface area (Å²) in [5.41, 5.74) is -3.58. The van der Waals surface area contributed by atoms with Gasteiger partial charge in [-0.1, -0.05) is 6.08 Å². The van der Waals surface area contributed by atoms with E-state index in [1.54, 1.807) is 0 Å². The SMILES string of the molecule is C=CCN1C(=O)C(C)Oc2cc(NC(=O)c3cc(C(F)(F)F)cc(C(F)(F)F)c3)ccc21. The number of nitrogens with one attached hydrogen (secondary N) is 1. The minimum atomic E-state index is -5.08. The van der Waals surface area contributed by atoms with Crippen molar-refractivity contribution in [2.75, 3.05) is 16.8 Å². The molecule has 1 aliphatic heterocycles. The molecule has 0 saturated carbocycles. The van der Waals surface area contributed by atoms with Gasteiger partial charge in [0.2, 0.25) is 0 Å². The van der Waals surface area contributed by atoms with E-state index >= 15 is 0 Å². The number of benzene rings is 2. The highest BCUT2D eigenvalue weighted by Crippen LogP contribution is 2.38. The van der Waals surface area contributed by atoms with Crippen LogP contribution >= 0.6 is 0 Å². The largest absolute Gasteiger partial charge is 0.479 e. The van der Waals surface area contributed by atoms with Crippen molar-refractivity contribution in [1.29, 1.82) is 0 Å². The topological polar surface area (TPSA) is 58.6 Å². The average Bonchev–Trinajstić information content (AvgIpc) is 2.69. The van der Waals surface area contributed by atoms with Gasteiger partial charge in [-0.15, -0.1) is 6.58 Å². The molecule has 2 aromatic carbocycles. The number of halogens is 6. The predicted octanol–water partition coefficient (Wildman–Crippen LogP) is 5.28. The maximum absolute atomic E-state index is 13.0. The highest BCUT2D eigenvalue weighted by atomic mass is 19.4. The van der Waals surface area contributed by atoms with Crippen LogP contribution in [0.3, 0.4) is 0 Å². The van der Waals surface area contributed by atoms with E-state index in [9.17, 15) is 35.9 Å². The zero-order valence-electron chi connectivity index (χ0n) is 16.5. The maximum Gasteiger partial charge on any atom is 0.416 e. The summed E-state index contributed by atoms with van der Waals surface area (Å²) < 4.78 is 83.7. The monoisotopic (exact) mass is 458 g/mol. The average molecular weight is 458 g/mol. The molecular weight excluding hydrogens is 442 g/mol. The Kier molecular flexibility index (Phi) is 5.94. The van der Waals surface area contributed by atoms with E-state index in [2.05, 4.69) is 11.9 Å². The zero-order valence-corrected chi connectivity index (χ0v) is 16.5. The Morgan fingerprint density at radius 2 is 1.69 bits per heavy atom. The van der Waals surface area contributed by atoms with E-state index in [1.165, 1.54) is 36.1 Å². The van der Waals surface area contributed by atoms with Gasteiger partial charge in [-0.3, -0.25) is 9.59 Å². The summed E-state index contributed by atoms with van der Waals surface area (Å²) in [6.07, 6.45) is -9.49. The van der Waals surface area contributed by atoms with Crippen LogP contribution in [0.15, 0.2) is 49.1 Å². The second-order valence-electron chi connectivity index (χ2n) is 6.93. The molecule has 11 heteroatoms. The molecule has 0 aromatic heterocycles. The second kappa shape index (κ2) is 8.21.